The number of hydrogen-bond donors (Lipinski definition) is 0. The molecule has 0 aromatic heterocycles. The van der Waals surface area contributed by atoms with Crippen molar-refractivity contribution in [3.63, 3.8) is 0 Å². The number of esters is 1. The minimum Gasteiger partial charge on any atom is -0.490 e. The van der Waals surface area contributed by atoms with Crippen LogP contribution in [0.25, 0.3) is 0 Å². The zero-order chi connectivity index (χ0) is 15.0. The number of hydrogen-bond acceptors (Lipinski definition) is 5. The third-order valence-corrected chi connectivity index (χ3v) is 2.52. The molecular weight excluding hydrogens is 260 g/mol. The van der Waals surface area contributed by atoms with E-state index < -0.39 is 5.97 Å². The lowest BCUT2D eigenvalue weighted by Gasteiger charge is -2.15. The Balaban J connectivity index is 3.15. The highest BCUT2D eigenvalue weighted by atomic mass is 16.6. The van der Waals surface area contributed by atoms with Gasteiger partial charge in [-0.3, -0.25) is 4.79 Å². The molecule has 0 saturated carbocycles. The quantitative estimate of drug-likeness (QED) is 0.414. The highest BCUT2D eigenvalue weighted by Crippen LogP contribution is 2.33. The molecule has 0 aliphatic rings. The van der Waals surface area contributed by atoms with Crippen molar-refractivity contribution in [2.45, 2.75) is 13.3 Å². The summed E-state index contributed by atoms with van der Waals surface area (Å²) in [5, 5.41) is 0. The lowest BCUT2D eigenvalue weighted by atomic mass is 10.1. The minimum atomic E-state index is -0.489. The zero-order valence-corrected chi connectivity index (χ0v) is 11.7. The third kappa shape index (κ3) is 4.12. The van der Waals surface area contributed by atoms with E-state index in [1.54, 1.807) is 18.2 Å². The van der Waals surface area contributed by atoms with Gasteiger partial charge in [-0.1, -0.05) is 6.08 Å². The number of benzene rings is 1. The Hall–Kier alpha value is -2.30. The fraction of sp³-hybridized carbons (Fsp3) is 0.333. The van der Waals surface area contributed by atoms with Crippen molar-refractivity contribution in [3.05, 3.63) is 35.9 Å². The summed E-state index contributed by atoms with van der Waals surface area (Å²) in [6.07, 6.45) is 2.92. The average Bonchev–Trinajstić information content (AvgIpc) is 2.46. The summed E-state index contributed by atoms with van der Waals surface area (Å²) < 4.78 is 15.5. The van der Waals surface area contributed by atoms with Crippen molar-refractivity contribution in [1.29, 1.82) is 0 Å². The van der Waals surface area contributed by atoms with E-state index in [4.69, 9.17) is 9.47 Å². The molecule has 5 nitrogen and oxygen atoms in total. The van der Waals surface area contributed by atoms with Crippen molar-refractivity contribution < 1.29 is 23.8 Å². The highest BCUT2D eigenvalue weighted by molar-refractivity contribution is 5.78. The largest absolute Gasteiger partial charge is 0.490 e. The van der Waals surface area contributed by atoms with Crippen molar-refractivity contribution >= 4 is 12.3 Å². The van der Waals surface area contributed by atoms with Gasteiger partial charge in [0.2, 0.25) is 0 Å². The molecule has 0 bridgehead atoms. The Kier molecular flexibility index (Phi) is 6.29. The average molecular weight is 278 g/mol. The van der Waals surface area contributed by atoms with Gasteiger partial charge in [0.1, 0.15) is 6.29 Å². The lowest BCUT2D eigenvalue weighted by Crippen LogP contribution is -2.14. The van der Waals surface area contributed by atoms with E-state index in [0.29, 0.717) is 30.1 Å². The molecular formula is C15H18O5. The van der Waals surface area contributed by atoms with Gasteiger partial charge in [0.15, 0.2) is 18.1 Å². The molecule has 0 aliphatic heterocycles. The van der Waals surface area contributed by atoms with Crippen LogP contribution in [-0.2, 0) is 16.0 Å². The summed E-state index contributed by atoms with van der Waals surface area (Å²) in [7, 11) is 1.29. The third-order valence-electron chi connectivity index (χ3n) is 2.52. The Morgan fingerprint density at radius 1 is 1.35 bits per heavy atom. The van der Waals surface area contributed by atoms with Crippen molar-refractivity contribution in [3.8, 4) is 11.5 Å². The van der Waals surface area contributed by atoms with Crippen LogP contribution in [0, 0.1) is 0 Å². The van der Waals surface area contributed by atoms with E-state index in [9.17, 15) is 9.59 Å². The fourth-order valence-electron chi connectivity index (χ4n) is 1.68. The Morgan fingerprint density at radius 2 is 2.10 bits per heavy atom. The maximum Gasteiger partial charge on any atom is 0.343 e. The molecule has 0 N–H and O–H groups in total. The maximum atomic E-state index is 11.2. The van der Waals surface area contributed by atoms with Crippen LogP contribution in [0.2, 0.25) is 0 Å². The molecule has 108 valence electrons. The molecule has 0 atom stereocenters. The van der Waals surface area contributed by atoms with Crippen LogP contribution in [0.15, 0.2) is 24.8 Å². The predicted octanol–water partition coefficient (Wildman–Crippen LogP) is 2.18. The van der Waals surface area contributed by atoms with Crippen LogP contribution in [0.3, 0.4) is 0 Å². The van der Waals surface area contributed by atoms with Crippen LogP contribution < -0.4 is 9.47 Å². The van der Waals surface area contributed by atoms with Gasteiger partial charge in [-0.15, -0.1) is 6.58 Å². The molecule has 0 unspecified atom stereocenters. The minimum absolute atomic E-state index is 0.221. The molecule has 0 saturated heterocycles. The first-order valence-electron chi connectivity index (χ1n) is 6.21. The number of methoxy groups -OCH3 is 1. The van der Waals surface area contributed by atoms with Crippen LogP contribution >= 0.6 is 0 Å². The van der Waals surface area contributed by atoms with Gasteiger partial charge < -0.3 is 14.2 Å². The monoisotopic (exact) mass is 278 g/mol. The molecule has 0 amide bonds. The number of carbonyl (C=O) groups excluding carboxylic acids is 2. The van der Waals surface area contributed by atoms with Gasteiger partial charge in [0.25, 0.3) is 0 Å². The highest BCUT2D eigenvalue weighted by Gasteiger charge is 2.14. The summed E-state index contributed by atoms with van der Waals surface area (Å²) in [4.78, 5) is 22.1. The van der Waals surface area contributed by atoms with Gasteiger partial charge in [0, 0.05) is 11.1 Å². The Bertz CT molecular complexity index is 493. The second-order valence-electron chi connectivity index (χ2n) is 3.92. The van der Waals surface area contributed by atoms with Gasteiger partial charge >= 0.3 is 5.97 Å². The predicted molar refractivity (Wildman–Crippen MR) is 74.4 cm³/mol. The maximum absolute atomic E-state index is 11.2. The van der Waals surface area contributed by atoms with Crippen LogP contribution in [0.1, 0.15) is 22.8 Å². The number of ether oxygens (including phenoxy) is 3. The van der Waals surface area contributed by atoms with Crippen molar-refractivity contribution in [1.82, 2.24) is 0 Å². The second-order valence-corrected chi connectivity index (χ2v) is 3.92. The summed E-state index contributed by atoms with van der Waals surface area (Å²) in [6, 6.07) is 3.26. The van der Waals surface area contributed by atoms with Gasteiger partial charge in [0.05, 0.1) is 13.7 Å². The van der Waals surface area contributed by atoms with Crippen molar-refractivity contribution in [2.75, 3.05) is 20.3 Å². The molecule has 0 aliphatic carbocycles. The van der Waals surface area contributed by atoms with Gasteiger partial charge in [-0.25, -0.2) is 4.79 Å². The normalized spacial score (nSPS) is 9.70. The molecule has 1 aromatic rings. The molecule has 1 aromatic carbocycles. The molecule has 0 spiro atoms. The molecule has 1 rings (SSSR count). The van der Waals surface area contributed by atoms with Gasteiger partial charge in [-0.2, -0.15) is 0 Å². The Labute approximate surface area is 118 Å². The van der Waals surface area contributed by atoms with Crippen molar-refractivity contribution in [2.24, 2.45) is 0 Å². The summed E-state index contributed by atoms with van der Waals surface area (Å²) >= 11 is 0. The second kappa shape index (κ2) is 7.99. The fourth-order valence-corrected chi connectivity index (χ4v) is 1.68. The van der Waals surface area contributed by atoms with E-state index in [1.165, 1.54) is 7.11 Å². The zero-order valence-electron chi connectivity index (χ0n) is 11.7. The summed E-state index contributed by atoms with van der Waals surface area (Å²) in [6.45, 7) is 5.69. The van der Waals surface area contributed by atoms with E-state index in [0.717, 1.165) is 11.8 Å². The van der Waals surface area contributed by atoms with Crippen LogP contribution in [0.4, 0.5) is 0 Å². The van der Waals surface area contributed by atoms with E-state index >= 15 is 0 Å². The first-order valence-corrected chi connectivity index (χ1v) is 6.21. The molecule has 20 heavy (non-hydrogen) atoms. The summed E-state index contributed by atoms with van der Waals surface area (Å²) in [5.41, 5.74) is 1.22. The van der Waals surface area contributed by atoms with E-state index in [-0.39, 0.29) is 6.61 Å². The van der Waals surface area contributed by atoms with Gasteiger partial charge in [-0.05, 0) is 25.5 Å². The molecule has 5 heteroatoms. The topological polar surface area (TPSA) is 61.8 Å². The Morgan fingerprint density at radius 3 is 2.65 bits per heavy atom. The number of allylic oxidation sites excluding steroid dienone is 1. The van der Waals surface area contributed by atoms with Crippen LogP contribution in [-0.4, -0.2) is 32.6 Å². The molecule has 0 radical (unpaired) electrons. The number of aldehydes is 1. The smallest absolute Gasteiger partial charge is 0.343 e. The van der Waals surface area contributed by atoms with Crippen LogP contribution in [0.5, 0.6) is 11.5 Å². The molecule has 0 fully saturated rings. The SMILES string of the molecule is C=CCc1cc(C=O)cc(OCC)c1OCC(=O)OC. The van der Waals surface area contributed by atoms with E-state index in [2.05, 4.69) is 11.3 Å². The van der Waals surface area contributed by atoms with E-state index in [1.807, 2.05) is 6.92 Å². The number of carbonyl (C=O) groups is 2. The summed E-state index contributed by atoms with van der Waals surface area (Å²) in [5.74, 6) is 0.372. The lowest BCUT2D eigenvalue weighted by molar-refractivity contribution is -0.142. The first-order chi connectivity index (χ1) is 9.65. The standard InChI is InChI=1S/C15H18O5/c1-4-6-12-7-11(9-16)8-13(19-5-2)15(12)20-10-14(17)18-3/h4,7-9H,1,5-6,10H2,2-3H3. The number of rotatable bonds is 8. The first kappa shape index (κ1) is 15.8. The molecule has 0 heterocycles.